The molecule has 0 spiro atoms. The highest BCUT2D eigenvalue weighted by atomic mass is 16.5. The molecule has 4 heteroatoms. The molecule has 0 bridgehead atoms. The van der Waals surface area contributed by atoms with E-state index in [9.17, 15) is 14.7 Å². The Morgan fingerprint density at radius 3 is 2.65 bits per heavy atom. The molecular weight excluding hydrogens is 292 g/mol. The molecule has 1 N–H and O–H groups in total. The van der Waals surface area contributed by atoms with Crippen LogP contribution in [0.25, 0.3) is 0 Å². The standard InChI is InChI=1S/C19H24O4/c1-12-10-13(15-7-6-14(20)11-16(15)23-12)8-9-19(2)17(21)4-3-5-18(19)22/h6-7,11-13,20H,3-5,8-10H2,1-2H3/t12-,13?/m1/s1. The summed E-state index contributed by atoms with van der Waals surface area (Å²) in [4.78, 5) is 24.6. The first kappa shape index (κ1) is 16.0. The molecule has 1 fully saturated rings. The summed E-state index contributed by atoms with van der Waals surface area (Å²) in [7, 11) is 0. The van der Waals surface area contributed by atoms with Crippen LogP contribution in [-0.2, 0) is 9.59 Å². The number of aromatic hydroxyl groups is 1. The van der Waals surface area contributed by atoms with Crippen LogP contribution in [0, 0.1) is 5.41 Å². The Bertz CT molecular complexity index is 618. The molecule has 0 radical (unpaired) electrons. The number of ketones is 2. The van der Waals surface area contributed by atoms with Crippen molar-refractivity contribution in [2.45, 2.75) is 64.4 Å². The fraction of sp³-hybridized carbons (Fsp3) is 0.579. The number of Topliss-reactive ketones (excluding diaryl/α,β-unsaturated/α-hetero) is 2. The van der Waals surface area contributed by atoms with E-state index in [2.05, 4.69) is 0 Å². The number of benzene rings is 1. The summed E-state index contributed by atoms with van der Waals surface area (Å²) < 4.78 is 5.81. The molecule has 1 aliphatic heterocycles. The minimum Gasteiger partial charge on any atom is -0.508 e. The van der Waals surface area contributed by atoms with Gasteiger partial charge in [0.2, 0.25) is 0 Å². The lowest BCUT2D eigenvalue weighted by Crippen LogP contribution is -2.40. The van der Waals surface area contributed by atoms with Crippen molar-refractivity contribution in [3.63, 3.8) is 0 Å². The molecule has 1 aliphatic carbocycles. The molecule has 1 aromatic carbocycles. The van der Waals surface area contributed by atoms with Gasteiger partial charge in [0, 0.05) is 18.9 Å². The van der Waals surface area contributed by atoms with Gasteiger partial charge in [0.25, 0.3) is 0 Å². The molecule has 0 aromatic heterocycles. The molecule has 1 heterocycles. The van der Waals surface area contributed by atoms with Crippen molar-refractivity contribution < 1.29 is 19.4 Å². The number of carbonyl (C=O) groups excluding carboxylic acids is 2. The van der Waals surface area contributed by atoms with Gasteiger partial charge in [-0.25, -0.2) is 0 Å². The largest absolute Gasteiger partial charge is 0.508 e. The number of rotatable bonds is 3. The maximum absolute atomic E-state index is 12.3. The van der Waals surface area contributed by atoms with Crippen molar-refractivity contribution in [3.8, 4) is 11.5 Å². The molecule has 1 unspecified atom stereocenters. The lowest BCUT2D eigenvalue weighted by molar-refractivity contribution is -0.143. The predicted octanol–water partition coefficient (Wildman–Crippen LogP) is 3.76. The molecule has 4 nitrogen and oxygen atoms in total. The third-order valence-corrected chi connectivity index (χ3v) is 5.41. The normalized spacial score (nSPS) is 26.5. The molecule has 0 amide bonds. The lowest BCUT2D eigenvalue weighted by atomic mass is 9.69. The zero-order valence-electron chi connectivity index (χ0n) is 13.8. The maximum atomic E-state index is 12.3. The van der Waals surface area contributed by atoms with Crippen LogP contribution in [-0.4, -0.2) is 22.8 Å². The second-order valence-corrected chi connectivity index (χ2v) is 7.15. The van der Waals surface area contributed by atoms with Crippen LogP contribution in [0.5, 0.6) is 11.5 Å². The molecule has 2 aliphatic rings. The van der Waals surface area contributed by atoms with Gasteiger partial charge in [-0.15, -0.1) is 0 Å². The zero-order valence-corrected chi connectivity index (χ0v) is 13.8. The average molecular weight is 316 g/mol. The van der Waals surface area contributed by atoms with Gasteiger partial charge in [0.05, 0.1) is 11.5 Å². The summed E-state index contributed by atoms with van der Waals surface area (Å²) in [5.74, 6) is 1.37. The number of ether oxygens (including phenoxy) is 1. The number of phenolic OH excluding ortho intramolecular Hbond substituents is 1. The third-order valence-electron chi connectivity index (χ3n) is 5.41. The number of hydrogen-bond acceptors (Lipinski definition) is 4. The summed E-state index contributed by atoms with van der Waals surface area (Å²) in [5.41, 5.74) is 0.261. The summed E-state index contributed by atoms with van der Waals surface area (Å²) in [6, 6.07) is 5.22. The Labute approximate surface area is 136 Å². The smallest absolute Gasteiger partial charge is 0.146 e. The first-order chi connectivity index (χ1) is 10.9. The van der Waals surface area contributed by atoms with Crippen molar-refractivity contribution >= 4 is 11.6 Å². The number of hydrogen-bond donors (Lipinski definition) is 1. The van der Waals surface area contributed by atoms with E-state index in [-0.39, 0.29) is 29.3 Å². The Morgan fingerprint density at radius 2 is 1.96 bits per heavy atom. The predicted molar refractivity (Wildman–Crippen MR) is 86.8 cm³/mol. The van der Waals surface area contributed by atoms with E-state index >= 15 is 0 Å². The number of phenols is 1. The summed E-state index contributed by atoms with van der Waals surface area (Å²) in [6.45, 7) is 3.83. The van der Waals surface area contributed by atoms with Gasteiger partial charge in [-0.1, -0.05) is 6.07 Å². The third kappa shape index (κ3) is 2.99. The van der Waals surface area contributed by atoms with Crippen LogP contribution in [0.1, 0.15) is 63.9 Å². The van der Waals surface area contributed by atoms with E-state index in [0.29, 0.717) is 25.7 Å². The molecule has 1 saturated carbocycles. The topological polar surface area (TPSA) is 63.6 Å². The first-order valence-corrected chi connectivity index (χ1v) is 8.46. The van der Waals surface area contributed by atoms with Crippen molar-refractivity contribution in [1.82, 2.24) is 0 Å². The minimum atomic E-state index is -0.809. The Balaban J connectivity index is 1.78. The van der Waals surface area contributed by atoms with Crippen LogP contribution in [0.15, 0.2) is 18.2 Å². The van der Waals surface area contributed by atoms with Gasteiger partial charge in [-0.05, 0) is 57.1 Å². The van der Waals surface area contributed by atoms with Crippen molar-refractivity contribution in [2.75, 3.05) is 0 Å². The fourth-order valence-corrected chi connectivity index (χ4v) is 3.89. The molecule has 3 rings (SSSR count). The molecule has 2 atom stereocenters. The van der Waals surface area contributed by atoms with Crippen LogP contribution >= 0.6 is 0 Å². The Kier molecular flexibility index (Phi) is 4.17. The highest BCUT2D eigenvalue weighted by Crippen LogP contribution is 2.43. The van der Waals surface area contributed by atoms with Gasteiger partial charge in [0.15, 0.2) is 0 Å². The van der Waals surface area contributed by atoms with Crippen molar-refractivity contribution in [1.29, 1.82) is 0 Å². The Morgan fingerprint density at radius 1 is 1.26 bits per heavy atom. The summed E-state index contributed by atoms with van der Waals surface area (Å²) >= 11 is 0. The monoisotopic (exact) mass is 316 g/mol. The van der Waals surface area contributed by atoms with E-state index in [4.69, 9.17) is 4.74 Å². The van der Waals surface area contributed by atoms with Gasteiger partial charge in [-0.3, -0.25) is 9.59 Å². The van der Waals surface area contributed by atoms with Gasteiger partial charge in [-0.2, -0.15) is 0 Å². The fourth-order valence-electron chi connectivity index (χ4n) is 3.89. The second-order valence-electron chi connectivity index (χ2n) is 7.15. The highest BCUT2D eigenvalue weighted by Gasteiger charge is 2.42. The van der Waals surface area contributed by atoms with E-state index in [0.717, 1.165) is 24.2 Å². The van der Waals surface area contributed by atoms with E-state index in [1.54, 1.807) is 12.1 Å². The molecule has 124 valence electrons. The summed E-state index contributed by atoms with van der Waals surface area (Å²) in [6.07, 6.45) is 4.08. The van der Waals surface area contributed by atoms with E-state index in [1.807, 2.05) is 19.9 Å². The van der Waals surface area contributed by atoms with E-state index < -0.39 is 5.41 Å². The van der Waals surface area contributed by atoms with Gasteiger partial charge in [0.1, 0.15) is 23.1 Å². The number of carbonyl (C=O) groups is 2. The van der Waals surface area contributed by atoms with Crippen molar-refractivity contribution in [2.24, 2.45) is 5.41 Å². The van der Waals surface area contributed by atoms with Crippen LogP contribution in [0.2, 0.25) is 0 Å². The van der Waals surface area contributed by atoms with Crippen LogP contribution in [0.3, 0.4) is 0 Å². The average Bonchev–Trinajstić information content (AvgIpc) is 2.50. The summed E-state index contributed by atoms with van der Waals surface area (Å²) in [5, 5.41) is 9.64. The highest BCUT2D eigenvalue weighted by molar-refractivity contribution is 6.08. The van der Waals surface area contributed by atoms with Crippen LogP contribution in [0.4, 0.5) is 0 Å². The SMILES string of the molecule is C[C@@H]1CC(CCC2(C)C(=O)CCCC2=O)c2ccc(O)cc2O1. The second kappa shape index (κ2) is 5.99. The minimum absolute atomic E-state index is 0.0693. The van der Waals surface area contributed by atoms with Gasteiger partial charge >= 0.3 is 0 Å². The lowest BCUT2D eigenvalue weighted by Gasteiger charge is -2.35. The zero-order chi connectivity index (χ0) is 16.6. The van der Waals surface area contributed by atoms with Gasteiger partial charge < -0.3 is 9.84 Å². The maximum Gasteiger partial charge on any atom is 0.146 e. The molecule has 23 heavy (non-hydrogen) atoms. The molecule has 0 saturated heterocycles. The first-order valence-electron chi connectivity index (χ1n) is 8.46. The van der Waals surface area contributed by atoms with Crippen LogP contribution < -0.4 is 4.74 Å². The quantitative estimate of drug-likeness (QED) is 0.863. The van der Waals surface area contributed by atoms with E-state index in [1.165, 1.54) is 0 Å². The molecule has 1 aromatic rings. The molecular formula is C19H24O4. The Hall–Kier alpha value is -1.84. The van der Waals surface area contributed by atoms with Crippen molar-refractivity contribution in [3.05, 3.63) is 23.8 Å². The number of fused-ring (bicyclic) bond motifs is 1.